The predicted molar refractivity (Wildman–Crippen MR) is 72.0 cm³/mol. The molecule has 0 saturated carbocycles. The molecule has 1 fully saturated rings. The molecule has 1 heterocycles. The summed E-state index contributed by atoms with van der Waals surface area (Å²) in [5.74, 6) is -0.132. The molecule has 0 spiro atoms. The van der Waals surface area contributed by atoms with Crippen LogP contribution in [0.15, 0.2) is 24.3 Å². The van der Waals surface area contributed by atoms with Crippen LogP contribution in [0, 0.1) is 0 Å². The van der Waals surface area contributed by atoms with E-state index in [2.05, 4.69) is 4.72 Å². The molecule has 7 heteroatoms. The first-order chi connectivity index (χ1) is 9.07. The Balaban J connectivity index is 1.90. The van der Waals surface area contributed by atoms with Crippen molar-refractivity contribution < 1.29 is 17.9 Å². The van der Waals surface area contributed by atoms with Crippen molar-refractivity contribution in [3.05, 3.63) is 29.8 Å². The van der Waals surface area contributed by atoms with Gasteiger partial charge in [-0.1, -0.05) is 18.2 Å². The third kappa shape index (κ3) is 4.46. The molecule has 0 radical (unpaired) electrons. The molecule has 0 aromatic heterocycles. The number of nitrogen functional groups attached to an aromatic ring is 1. The lowest BCUT2D eigenvalue weighted by Gasteiger charge is -2.23. The normalized spacial score (nSPS) is 20.3. The van der Waals surface area contributed by atoms with Crippen LogP contribution in [0.3, 0.4) is 0 Å². The van der Waals surface area contributed by atoms with Crippen molar-refractivity contribution in [1.82, 2.24) is 4.72 Å². The van der Waals surface area contributed by atoms with Crippen LogP contribution in [0.25, 0.3) is 0 Å². The Bertz CT molecular complexity index is 512. The van der Waals surface area contributed by atoms with E-state index in [-0.39, 0.29) is 18.4 Å². The number of sulfonamides is 1. The minimum Gasteiger partial charge on any atom is -0.398 e. The van der Waals surface area contributed by atoms with Crippen LogP contribution in [0.2, 0.25) is 0 Å². The van der Waals surface area contributed by atoms with Crippen molar-refractivity contribution in [2.75, 3.05) is 32.1 Å². The van der Waals surface area contributed by atoms with Gasteiger partial charge in [-0.25, -0.2) is 13.1 Å². The van der Waals surface area contributed by atoms with Gasteiger partial charge in [0.25, 0.3) is 0 Å². The number of hydrogen-bond donors (Lipinski definition) is 2. The number of anilines is 1. The van der Waals surface area contributed by atoms with Gasteiger partial charge in [-0.15, -0.1) is 0 Å². The highest BCUT2D eigenvalue weighted by atomic mass is 32.2. The van der Waals surface area contributed by atoms with E-state index in [0.717, 1.165) is 0 Å². The van der Waals surface area contributed by atoms with E-state index in [1.807, 2.05) is 0 Å². The monoisotopic (exact) mass is 286 g/mol. The summed E-state index contributed by atoms with van der Waals surface area (Å²) in [5, 5.41) is 0. The first-order valence-corrected chi connectivity index (χ1v) is 7.72. The minimum absolute atomic E-state index is 0.132. The standard InChI is InChI=1S/C12H18N2O4S/c13-12-4-2-1-3-10(12)9-19(15,16)14-7-11-8-17-5-6-18-11/h1-4,11,14H,5-9,13H2. The predicted octanol–water partition coefficient (Wildman–Crippen LogP) is 0.104. The topological polar surface area (TPSA) is 90.7 Å². The van der Waals surface area contributed by atoms with Crippen LogP contribution in [0.1, 0.15) is 5.56 Å². The molecule has 0 bridgehead atoms. The van der Waals surface area contributed by atoms with Gasteiger partial charge in [0.15, 0.2) is 0 Å². The lowest BCUT2D eigenvalue weighted by molar-refractivity contribution is -0.0847. The SMILES string of the molecule is Nc1ccccc1CS(=O)(=O)NCC1COCCO1. The maximum atomic E-state index is 11.9. The van der Waals surface area contributed by atoms with E-state index in [4.69, 9.17) is 15.2 Å². The number of hydrogen-bond acceptors (Lipinski definition) is 5. The summed E-state index contributed by atoms with van der Waals surface area (Å²) in [7, 11) is -3.42. The maximum absolute atomic E-state index is 11.9. The zero-order chi connectivity index (χ0) is 13.7. The molecule has 6 nitrogen and oxygen atoms in total. The van der Waals surface area contributed by atoms with Crippen molar-refractivity contribution in [3.63, 3.8) is 0 Å². The number of nitrogens with one attached hydrogen (secondary N) is 1. The molecule has 106 valence electrons. The van der Waals surface area contributed by atoms with Gasteiger partial charge in [0, 0.05) is 12.2 Å². The Labute approximate surface area is 112 Å². The molecule has 19 heavy (non-hydrogen) atoms. The maximum Gasteiger partial charge on any atom is 0.215 e. The summed E-state index contributed by atoms with van der Waals surface area (Å²) in [6.45, 7) is 1.69. The average molecular weight is 286 g/mol. The summed E-state index contributed by atoms with van der Waals surface area (Å²) in [6, 6.07) is 6.92. The van der Waals surface area contributed by atoms with Gasteiger partial charge in [-0.05, 0) is 11.6 Å². The lowest BCUT2D eigenvalue weighted by Crippen LogP contribution is -2.40. The quantitative estimate of drug-likeness (QED) is 0.749. The van der Waals surface area contributed by atoms with Gasteiger partial charge in [-0.2, -0.15) is 0 Å². The van der Waals surface area contributed by atoms with E-state index >= 15 is 0 Å². The molecule has 1 aliphatic heterocycles. The average Bonchev–Trinajstić information content (AvgIpc) is 2.40. The van der Waals surface area contributed by atoms with Crippen molar-refractivity contribution >= 4 is 15.7 Å². The molecular formula is C12H18N2O4S. The summed E-state index contributed by atoms with van der Waals surface area (Å²) in [5.41, 5.74) is 6.80. The summed E-state index contributed by atoms with van der Waals surface area (Å²) < 4.78 is 37.0. The molecule has 1 aromatic rings. The molecule has 1 aromatic carbocycles. The summed E-state index contributed by atoms with van der Waals surface area (Å²) in [6.07, 6.45) is -0.225. The van der Waals surface area contributed by atoms with Gasteiger partial charge in [0.1, 0.15) is 0 Å². The Morgan fingerprint density at radius 1 is 1.32 bits per heavy atom. The number of rotatable bonds is 5. The van der Waals surface area contributed by atoms with Crippen molar-refractivity contribution in [3.8, 4) is 0 Å². The fourth-order valence-electron chi connectivity index (χ4n) is 1.80. The zero-order valence-electron chi connectivity index (χ0n) is 10.5. The summed E-state index contributed by atoms with van der Waals surface area (Å²) >= 11 is 0. The molecule has 1 atom stereocenters. The van der Waals surface area contributed by atoms with Gasteiger partial charge in [0.2, 0.25) is 10.0 Å². The van der Waals surface area contributed by atoms with Crippen LogP contribution < -0.4 is 10.5 Å². The molecule has 1 saturated heterocycles. The first kappa shape index (κ1) is 14.3. The Morgan fingerprint density at radius 2 is 2.11 bits per heavy atom. The highest BCUT2D eigenvalue weighted by Crippen LogP contribution is 2.13. The largest absolute Gasteiger partial charge is 0.398 e. The lowest BCUT2D eigenvalue weighted by atomic mass is 10.2. The van der Waals surface area contributed by atoms with Crippen molar-refractivity contribution in [2.24, 2.45) is 0 Å². The zero-order valence-corrected chi connectivity index (χ0v) is 11.4. The molecule has 0 amide bonds. The Kier molecular flexibility index (Phi) is 4.76. The van der Waals surface area contributed by atoms with Crippen LogP contribution in [0.4, 0.5) is 5.69 Å². The molecule has 1 unspecified atom stereocenters. The Hall–Kier alpha value is -1.15. The smallest absolute Gasteiger partial charge is 0.215 e. The van der Waals surface area contributed by atoms with Crippen LogP contribution in [0.5, 0.6) is 0 Å². The van der Waals surface area contributed by atoms with Crippen LogP contribution in [-0.4, -0.2) is 40.9 Å². The first-order valence-electron chi connectivity index (χ1n) is 6.07. The molecule has 3 N–H and O–H groups in total. The number of nitrogens with two attached hydrogens (primary N) is 1. The third-order valence-corrected chi connectivity index (χ3v) is 4.11. The minimum atomic E-state index is -3.42. The summed E-state index contributed by atoms with van der Waals surface area (Å²) in [4.78, 5) is 0. The van der Waals surface area contributed by atoms with E-state index in [1.54, 1.807) is 24.3 Å². The van der Waals surface area contributed by atoms with E-state index in [0.29, 0.717) is 31.1 Å². The number of ether oxygens (including phenoxy) is 2. The van der Waals surface area contributed by atoms with E-state index in [1.165, 1.54) is 0 Å². The number of para-hydroxylation sites is 1. The van der Waals surface area contributed by atoms with Crippen molar-refractivity contribution in [2.45, 2.75) is 11.9 Å². The fourth-order valence-corrected chi connectivity index (χ4v) is 3.01. The van der Waals surface area contributed by atoms with Crippen LogP contribution >= 0.6 is 0 Å². The molecule has 0 aliphatic carbocycles. The second kappa shape index (κ2) is 6.33. The highest BCUT2D eigenvalue weighted by Gasteiger charge is 2.19. The van der Waals surface area contributed by atoms with Crippen LogP contribution in [-0.2, 0) is 25.2 Å². The second-order valence-corrected chi connectivity index (χ2v) is 6.18. The molecule has 1 aliphatic rings. The van der Waals surface area contributed by atoms with Gasteiger partial charge < -0.3 is 15.2 Å². The molecular weight excluding hydrogens is 268 g/mol. The fraction of sp³-hybridized carbons (Fsp3) is 0.500. The van der Waals surface area contributed by atoms with Gasteiger partial charge in [0.05, 0.1) is 31.7 Å². The van der Waals surface area contributed by atoms with E-state index in [9.17, 15) is 8.42 Å². The van der Waals surface area contributed by atoms with E-state index < -0.39 is 10.0 Å². The van der Waals surface area contributed by atoms with Gasteiger partial charge in [-0.3, -0.25) is 0 Å². The van der Waals surface area contributed by atoms with Crippen molar-refractivity contribution in [1.29, 1.82) is 0 Å². The Morgan fingerprint density at radius 3 is 2.79 bits per heavy atom. The number of benzene rings is 1. The highest BCUT2D eigenvalue weighted by molar-refractivity contribution is 7.88. The van der Waals surface area contributed by atoms with Gasteiger partial charge >= 0.3 is 0 Å². The second-order valence-electron chi connectivity index (χ2n) is 4.37. The third-order valence-electron chi connectivity index (χ3n) is 2.82. The molecule has 2 rings (SSSR count).